The zero-order chi connectivity index (χ0) is 40.7. The van der Waals surface area contributed by atoms with Crippen molar-refractivity contribution in [1.29, 1.82) is 0 Å². The zero-order valence-electron chi connectivity index (χ0n) is 34.0. The van der Waals surface area contributed by atoms with Gasteiger partial charge in [0.2, 0.25) is 0 Å². The van der Waals surface area contributed by atoms with Gasteiger partial charge in [-0.25, -0.2) is 15.0 Å². The summed E-state index contributed by atoms with van der Waals surface area (Å²) in [4.78, 5) is 15.9. The van der Waals surface area contributed by atoms with E-state index in [9.17, 15) is 0 Å². The molecule has 10 aromatic rings. The first-order valence-corrected chi connectivity index (χ1v) is 26.1. The second-order valence-electron chi connectivity index (χ2n) is 16.5. The Balaban J connectivity index is 1.18. The minimum absolute atomic E-state index is 0.634. The van der Waals surface area contributed by atoms with E-state index < -0.39 is 16.1 Å². The molecule has 0 radical (unpaired) electrons. The van der Waals surface area contributed by atoms with E-state index in [1.165, 1.54) is 36.7 Å². The molecule has 4 nitrogen and oxygen atoms in total. The second-order valence-corrected chi connectivity index (χ2v) is 25.4. The van der Waals surface area contributed by atoms with E-state index in [4.69, 9.17) is 15.0 Å². The second kappa shape index (κ2) is 15.3. The maximum Gasteiger partial charge on any atom is 0.179 e. The van der Waals surface area contributed by atoms with Gasteiger partial charge in [0.05, 0.1) is 19.1 Å². The summed E-state index contributed by atoms with van der Waals surface area (Å²) in [5.41, 5.74) is 6.23. The summed E-state index contributed by atoms with van der Waals surface area (Å²) in [7, 11) is -4.31. The van der Waals surface area contributed by atoms with E-state index in [0.29, 0.717) is 17.5 Å². The molecule has 0 spiro atoms. The predicted octanol–water partition coefficient (Wildman–Crippen LogP) is 9.89. The average molecular weight is 805 g/mol. The number of benzene rings is 8. The fourth-order valence-corrected chi connectivity index (χ4v) is 14.8. The average Bonchev–Trinajstić information content (AvgIpc) is 3.65. The Bertz CT molecular complexity index is 2970. The van der Waals surface area contributed by atoms with Crippen molar-refractivity contribution in [2.45, 2.75) is 19.6 Å². The van der Waals surface area contributed by atoms with Gasteiger partial charge in [0, 0.05) is 33.2 Å². The number of aromatic nitrogens is 4. The van der Waals surface area contributed by atoms with Crippen molar-refractivity contribution in [1.82, 2.24) is 19.5 Å². The Morgan fingerprint density at radius 2 is 0.750 bits per heavy atom. The molecule has 0 aliphatic heterocycles. The van der Waals surface area contributed by atoms with Crippen molar-refractivity contribution in [2.75, 3.05) is 0 Å². The predicted molar refractivity (Wildman–Crippen MR) is 257 cm³/mol. The van der Waals surface area contributed by atoms with Crippen LogP contribution >= 0.6 is 0 Å². The molecule has 288 valence electrons. The molecule has 0 fully saturated rings. The molecule has 8 aromatic carbocycles. The normalized spacial score (nSPS) is 11.9. The minimum atomic E-state index is -2.80. The SMILES string of the molecule is C[Si](C)(C)c1ccc(-c2nc(-c3cccc(-n4c5ccccc5c5ccccc54)c3)nc(-c3cccc([Si](c4ccccc4)(c4ccccc4)c4ccccc4)c3)n2)cc1. The zero-order valence-corrected chi connectivity index (χ0v) is 36.0. The smallest absolute Gasteiger partial charge is 0.179 e. The lowest BCUT2D eigenvalue weighted by molar-refractivity contribution is 1.07. The van der Waals surface area contributed by atoms with Crippen LogP contribution in [0.5, 0.6) is 0 Å². The van der Waals surface area contributed by atoms with Crippen LogP contribution in [0, 0.1) is 0 Å². The molecular weight excluding hydrogens is 761 g/mol. The first-order chi connectivity index (χ1) is 29.4. The Morgan fingerprint density at radius 1 is 0.333 bits per heavy atom. The maximum atomic E-state index is 5.34. The summed E-state index contributed by atoms with van der Waals surface area (Å²) >= 11 is 0. The van der Waals surface area contributed by atoms with Gasteiger partial charge in [-0.2, -0.15) is 0 Å². The van der Waals surface area contributed by atoms with Crippen LogP contribution in [0.25, 0.3) is 61.7 Å². The van der Waals surface area contributed by atoms with E-state index in [1.54, 1.807) is 0 Å². The largest absolute Gasteiger partial charge is 0.309 e. The van der Waals surface area contributed by atoms with Gasteiger partial charge in [0.1, 0.15) is 0 Å². The van der Waals surface area contributed by atoms with Gasteiger partial charge >= 0.3 is 0 Å². The third kappa shape index (κ3) is 6.60. The van der Waals surface area contributed by atoms with Crippen LogP contribution in [0.1, 0.15) is 0 Å². The van der Waals surface area contributed by atoms with Gasteiger partial charge in [-0.15, -0.1) is 0 Å². The lowest BCUT2D eigenvalue weighted by atomic mass is 10.1. The number of fused-ring (bicyclic) bond motifs is 3. The highest BCUT2D eigenvalue weighted by Crippen LogP contribution is 2.33. The molecule has 60 heavy (non-hydrogen) atoms. The number of rotatable bonds is 9. The Kier molecular flexibility index (Phi) is 9.51. The summed E-state index contributed by atoms with van der Waals surface area (Å²) < 4.78 is 2.34. The Labute approximate surface area is 353 Å². The summed E-state index contributed by atoms with van der Waals surface area (Å²) in [5.74, 6) is 1.93. The van der Waals surface area contributed by atoms with Gasteiger partial charge in [0.25, 0.3) is 0 Å². The number of hydrogen-bond donors (Lipinski definition) is 0. The fraction of sp³-hybridized carbons (Fsp3) is 0.0556. The molecule has 6 heteroatoms. The van der Waals surface area contributed by atoms with Gasteiger partial charge < -0.3 is 4.57 Å². The molecule has 0 amide bonds. The van der Waals surface area contributed by atoms with Crippen LogP contribution in [0.2, 0.25) is 19.6 Å². The molecule has 0 N–H and O–H groups in total. The van der Waals surface area contributed by atoms with Crippen molar-refractivity contribution in [2.24, 2.45) is 0 Å². The molecule has 0 aliphatic carbocycles. The molecule has 0 saturated carbocycles. The van der Waals surface area contributed by atoms with Crippen LogP contribution in [0.3, 0.4) is 0 Å². The molecule has 10 rings (SSSR count). The van der Waals surface area contributed by atoms with Crippen LogP contribution in [0.4, 0.5) is 0 Å². The fourth-order valence-electron chi connectivity index (χ4n) is 8.82. The van der Waals surface area contributed by atoms with Crippen molar-refractivity contribution < 1.29 is 0 Å². The van der Waals surface area contributed by atoms with Gasteiger partial charge in [-0.1, -0.05) is 213 Å². The standard InChI is InChI=1S/C54H44N4Si2/c1-59(2,3)43-35-33-39(34-36-43)52-55-53(40-19-17-21-42(37-40)58-50-31-15-13-29-48(50)49-30-14-16-32-51(49)58)57-54(56-52)41-20-18-28-47(38-41)60(44-22-7-4-8-23-44,45-24-9-5-10-25-45)46-26-11-6-12-27-46/h4-38H,1-3H3. The molecule has 0 unspecified atom stereocenters. The van der Waals surface area contributed by atoms with Crippen molar-refractivity contribution in [3.63, 3.8) is 0 Å². The van der Waals surface area contributed by atoms with Crippen LogP contribution in [-0.4, -0.2) is 35.7 Å². The number of hydrogen-bond acceptors (Lipinski definition) is 3. The summed E-state index contributed by atoms with van der Waals surface area (Å²) in [6.45, 7) is 7.13. The van der Waals surface area contributed by atoms with Crippen LogP contribution in [0.15, 0.2) is 212 Å². The highest BCUT2D eigenvalue weighted by molar-refractivity contribution is 7.19. The lowest BCUT2D eigenvalue weighted by Crippen LogP contribution is -2.74. The first kappa shape index (κ1) is 37.3. The summed E-state index contributed by atoms with van der Waals surface area (Å²) in [6, 6.07) is 76.8. The molecule has 0 bridgehead atoms. The van der Waals surface area contributed by atoms with E-state index in [2.05, 4.69) is 237 Å². The maximum absolute atomic E-state index is 5.34. The highest BCUT2D eigenvalue weighted by Gasteiger charge is 2.41. The topological polar surface area (TPSA) is 43.6 Å². The van der Waals surface area contributed by atoms with E-state index in [1.807, 2.05) is 0 Å². The third-order valence-corrected chi connectivity index (χ3v) is 18.6. The molecule has 0 saturated heterocycles. The first-order valence-electron chi connectivity index (χ1n) is 20.6. The minimum Gasteiger partial charge on any atom is -0.309 e. The Hall–Kier alpha value is -7.00. The van der Waals surface area contributed by atoms with Crippen LogP contribution < -0.4 is 25.9 Å². The lowest BCUT2D eigenvalue weighted by Gasteiger charge is -2.34. The van der Waals surface area contributed by atoms with Crippen molar-refractivity contribution in [3.05, 3.63) is 212 Å². The number of para-hydroxylation sites is 2. The third-order valence-electron chi connectivity index (χ3n) is 11.8. The quantitative estimate of drug-likeness (QED) is 0.108. The summed E-state index contributed by atoms with van der Waals surface area (Å²) in [5, 5.41) is 9.08. The van der Waals surface area contributed by atoms with E-state index >= 15 is 0 Å². The molecule has 2 heterocycles. The van der Waals surface area contributed by atoms with Gasteiger partial charge in [-0.05, 0) is 45.0 Å². The number of nitrogens with zero attached hydrogens (tertiary/aromatic N) is 4. The van der Waals surface area contributed by atoms with E-state index in [0.717, 1.165) is 33.4 Å². The highest BCUT2D eigenvalue weighted by atomic mass is 28.3. The van der Waals surface area contributed by atoms with E-state index in [-0.39, 0.29) is 0 Å². The molecule has 0 atom stereocenters. The molecule has 0 aliphatic rings. The van der Waals surface area contributed by atoms with Crippen molar-refractivity contribution >= 4 is 63.9 Å². The molecular formula is C54H44N4Si2. The Morgan fingerprint density at radius 3 is 1.25 bits per heavy atom. The van der Waals surface area contributed by atoms with Gasteiger partial charge in [0.15, 0.2) is 25.5 Å². The summed E-state index contributed by atoms with van der Waals surface area (Å²) in [6.07, 6.45) is 0. The monoisotopic (exact) mass is 804 g/mol. The van der Waals surface area contributed by atoms with Crippen molar-refractivity contribution in [3.8, 4) is 39.9 Å². The van der Waals surface area contributed by atoms with Crippen LogP contribution in [-0.2, 0) is 0 Å². The van der Waals surface area contributed by atoms with Gasteiger partial charge in [-0.3, -0.25) is 0 Å². The molecule has 2 aromatic heterocycles.